The lowest BCUT2D eigenvalue weighted by Gasteiger charge is -2.47. The molecule has 2 aliphatic heterocycles. The van der Waals surface area contributed by atoms with Crippen LogP contribution in [0, 0.1) is 6.92 Å². The summed E-state index contributed by atoms with van der Waals surface area (Å²) in [6.07, 6.45) is 4.23. The van der Waals surface area contributed by atoms with E-state index in [1.165, 1.54) is 0 Å². The Hall–Kier alpha value is -3.25. The van der Waals surface area contributed by atoms with Crippen molar-refractivity contribution in [2.24, 2.45) is 5.73 Å². The molecule has 0 aliphatic carbocycles. The van der Waals surface area contributed by atoms with Crippen LogP contribution in [0.15, 0.2) is 6.20 Å². The highest BCUT2D eigenvalue weighted by Gasteiger charge is 2.35. The SMILES string of the molecule is CC[C@H]1CN(c2nc(N)c(C(N)=O)nc2Cl)CCN1C1CCN(C(=O)c2ncc(C)nc2N)CC1. The van der Waals surface area contributed by atoms with Crippen molar-refractivity contribution in [1.29, 1.82) is 0 Å². The van der Waals surface area contributed by atoms with Crippen molar-refractivity contribution in [2.75, 3.05) is 49.1 Å². The number of aromatic nitrogens is 4. The van der Waals surface area contributed by atoms with Gasteiger partial charge in [-0.1, -0.05) is 18.5 Å². The molecule has 2 saturated heterocycles. The molecule has 4 heterocycles. The number of primary amides is 1. The zero-order valence-corrected chi connectivity index (χ0v) is 20.7. The van der Waals surface area contributed by atoms with Gasteiger partial charge in [-0.3, -0.25) is 14.5 Å². The minimum absolute atomic E-state index is 0.0247. The lowest BCUT2D eigenvalue weighted by Crippen LogP contribution is -2.59. The second kappa shape index (κ2) is 10.2. The van der Waals surface area contributed by atoms with Crippen molar-refractivity contribution in [3.05, 3.63) is 28.4 Å². The molecule has 0 aromatic carbocycles. The van der Waals surface area contributed by atoms with Crippen LogP contribution in [0.2, 0.25) is 5.15 Å². The summed E-state index contributed by atoms with van der Waals surface area (Å²) in [5.41, 5.74) is 17.9. The smallest absolute Gasteiger partial charge is 0.276 e. The molecule has 2 fully saturated rings. The molecule has 2 amide bonds. The van der Waals surface area contributed by atoms with Crippen LogP contribution in [0.25, 0.3) is 0 Å². The largest absolute Gasteiger partial charge is 0.382 e. The third-order valence-electron chi connectivity index (χ3n) is 6.74. The molecule has 4 rings (SSSR count). The number of piperidine rings is 1. The van der Waals surface area contributed by atoms with E-state index >= 15 is 0 Å². The van der Waals surface area contributed by atoms with E-state index in [-0.39, 0.29) is 40.1 Å². The molecule has 2 aliphatic rings. The second-order valence-electron chi connectivity index (χ2n) is 8.95. The molecule has 0 radical (unpaired) electrons. The summed E-state index contributed by atoms with van der Waals surface area (Å²) in [6, 6.07) is 0.626. The number of nitrogens with zero attached hydrogens (tertiary/aromatic N) is 7. The Balaban J connectivity index is 1.40. The van der Waals surface area contributed by atoms with Crippen molar-refractivity contribution in [2.45, 2.75) is 45.2 Å². The highest BCUT2D eigenvalue weighted by atomic mass is 35.5. The first-order chi connectivity index (χ1) is 16.7. The summed E-state index contributed by atoms with van der Waals surface area (Å²) in [6.45, 7) is 7.41. The summed E-state index contributed by atoms with van der Waals surface area (Å²) in [5, 5.41) is 0.113. The lowest BCUT2D eigenvalue weighted by atomic mass is 9.98. The molecule has 35 heavy (non-hydrogen) atoms. The van der Waals surface area contributed by atoms with Crippen LogP contribution in [0.4, 0.5) is 17.5 Å². The van der Waals surface area contributed by atoms with E-state index in [1.807, 2.05) is 4.90 Å². The molecular weight excluding hydrogens is 472 g/mol. The molecule has 2 aromatic rings. The fourth-order valence-corrected chi connectivity index (χ4v) is 5.16. The van der Waals surface area contributed by atoms with Crippen LogP contribution >= 0.6 is 11.6 Å². The second-order valence-corrected chi connectivity index (χ2v) is 9.31. The molecule has 0 unspecified atom stereocenters. The third-order valence-corrected chi connectivity index (χ3v) is 6.99. The molecule has 188 valence electrons. The summed E-state index contributed by atoms with van der Waals surface area (Å²) in [4.78, 5) is 47.5. The Morgan fingerprint density at radius 1 is 1.06 bits per heavy atom. The Kier molecular flexibility index (Phi) is 7.22. The number of nitrogens with two attached hydrogens (primary N) is 3. The number of hydrogen-bond acceptors (Lipinski definition) is 10. The fraction of sp³-hybridized carbons (Fsp3) is 0.545. The average molecular weight is 503 g/mol. The van der Waals surface area contributed by atoms with Crippen molar-refractivity contribution >= 4 is 40.9 Å². The van der Waals surface area contributed by atoms with Crippen molar-refractivity contribution < 1.29 is 9.59 Å². The van der Waals surface area contributed by atoms with E-state index in [2.05, 4.69) is 36.7 Å². The van der Waals surface area contributed by atoms with E-state index in [4.69, 9.17) is 28.8 Å². The fourth-order valence-electron chi connectivity index (χ4n) is 4.92. The minimum Gasteiger partial charge on any atom is -0.382 e. The number of carbonyl (C=O) groups excluding carboxylic acids is 2. The van der Waals surface area contributed by atoms with Gasteiger partial charge in [-0.2, -0.15) is 0 Å². The molecule has 2 aromatic heterocycles. The monoisotopic (exact) mass is 502 g/mol. The first-order valence-corrected chi connectivity index (χ1v) is 12.1. The first-order valence-electron chi connectivity index (χ1n) is 11.7. The van der Waals surface area contributed by atoms with Gasteiger partial charge in [0.1, 0.15) is 0 Å². The van der Waals surface area contributed by atoms with Crippen molar-refractivity contribution in [3.63, 3.8) is 0 Å². The van der Waals surface area contributed by atoms with Gasteiger partial charge in [-0.05, 0) is 26.2 Å². The average Bonchev–Trinajstić information content (AvgIpc) is 2.84. The standard InChI is InChI=1S/C22H31ClN10O2/c1-3-13-11-32(21-17(23)29-15(20(26)34)18(24)30-21)8-9-33(13)14-4-6-31(7-5-14)22(35)16-19(25)28-12(2)10-27-16/h10,13-14H,3-9,11H2,1-2H3,(H2,24,30)(H2,25,28)(H2,26,34)/t13-/m0/s1. The Morgan fingerprint density at radius 3 is 2.37 bits per heavy atom. The predicted molar refractivity (Wildman–Crippen MR) is 133 cm³/mol. The molecule has 0 spiro atoms. The Bertz CT molecular complexity index is 1120. The summed E-state index contributed by atoms with van der Waals surface area (Å²) in [7, 11) is 0. The molecule has 0 bridgehead atoms. The van der Waals surface area contributed by atoms with Gasteiger partial charge < -0.3 is 27.0 Å². The van der Waals surface area contributed by atoms with E-state index < -0.39 is 5.91 Å². The van der Waals surface area contributed by atoms with E-state index in [1.54, 1.807) is 13.1 Å². The number of halogens is 1. The van der Waals surface area contributed by atoms with Crippen LogP contribution < -0.4 is 22.1 Å². The van der Waals surface area contributed by atoms with Crippen LogP contribution in [0.3, 0.4) is 0 Å². The van der Waals surface area contributed by atoms with Gasteiger partial charge in [0.05, 0.1) is 5.69 Å². The number of rotatable bonds is 5. The maximum absolute atomic E-state index is 12.9. The van der Waals surface area contributed by atoms with Gasteiger partial charge in [-0.25, -0.2) is 19.9 Å². The van der Waals surface area contributed by atoms with Gasteiger partial charge in [0.15, 0.2) is 34.0 Å². The number of nitrogen functional groups attached to an aromatic ring is 2. The van der Waals surface area contributed by atoms with Crippen LogP contribution in [0.5, 0.6) is 0 Å². The van der Waals surface area contributed by atoms with Gasteiger partial charge in [0.2, 0.25) is 0 Å². The van der Waals surface area contributed by atoms with Crippen LogP contribution in [-0.4, -0.2) is 86.4 Å². The maximum atomic E-state index is 12.9. The molecule has 6 N–H and O–H groups in total. The Labute approximate surface area is 208 Å². The summed E-state index contributed by atoms with van der Waals surface area (Å²) in [5.74, 6) is -0.324. The Morgan fingerprint density at radius 2 is 1.74 bits per heavy atom. The zero-order chi connectivity index (χ0) is 25.3. The van der Waals surface area contributed by atoms with E-state index in [9.17, 15) is 9.59 Å². The number of piperazine rings is 1. The molecule has 0 saturated carbocycles. The highest BCUT2D eigenvalue weighted by Crippen LogP contribution is 2.30. The third kappa shape index (κ3) is 5.08. The van der Waals surface area contributed by atoms with Gasteiger partial charge >= 0.3 is 0 Å². The zero-order valence-electron chi connectivity index (χ0n) is 19.9. The normalized spacial score (nSPS) is 19.7. The quantitative estimate of drug-likeness (QED) is 0.527. The topological polar surface area (TPSA) is 173 Å². The maximum Gasteiger partial charge on any atom is 0.276 e. The van der Waals surface area contributed by atoms with Crippen molar-refractivity contribution in [3.8, 4) is 0 Å². The summed E-state index contributed by atoms with van der Waals surface area (Å²) < 4.78 is 0. The van der Waals surface area contributed by atoms with Crippen LogP contribution in [0.1, 0.15) is 52.9 Å². The minimum atomic E-state index is -0.762. The predicted octanol–water partition coefficient (Wildman–Crippen LogP) is 0.697. The van der Waals surface area contributed by atoms with Crippen LogP contribution in [-0.2, 0) is 0 Å². The van der Waals surface area contributed by atoms with E-state index in [0.717, 1.165) is 25.8 Å². The van der Waals surface area contributed by atoms with E-state index in [0.29, 0.717) is 43.7 Å². The lowest BCUT2D eigenvalue weighted by molar-refractivity contribution is 0.0487. The van der Waals surface area contributed by atoms with Gasteiger partial charge in [0, 0.05) is 51.0 Å². The first kappa shape index (κ1) is 24.9. The number of hydrogen-bond donors (Lipinski definition) is 3. The number of carbonyl (C=O) groups is 2. The van der Waals surface area contributed by atoms with Gasteiger partial charge in [0.25, 0.3) is 11.8 Å². The number of amides is 2. The number of anilines is 3. The molecule has 1 atom stereocenters. The molecule has 12 nitrogen and oxygen atoms in total. The van der Waals surface area contributed by atoms with Gasteiger partial charge in [-0.15, -0.1) is 0 Å². The highest BCUT2D eigenvalue weighted by molar-refractivity contribution is 6.32. The molecule has 13 heteroatoms. The van der Waals surface area contributed by atoms with Crippen molar-refractivity contribution in [1.82, 2.24) is 29.7 Å². The molecular formula is C22H31ClN10O2. The number of likely N-dealkylation sites (tertiary alicyclic amines) is 1. The number of aryl methyl sites for hydroxylation is 1. The summed E-state index contributed by atoms with van der Waals surface area (Å²) >= 11 is 6.32.